The lowest BCUT2D eigenvalue weighted by Gasteiger charge is -2.22. The molecule has 1 rings (SSSR count). The van der Waals surface area contributed by atoms with Crippen molar-refractivity contribution in [2.24, 2.45) is 0 Å². The van der Waals surface area contributed by atoms with Gasteiger partial charge in [-0.15, -0.1) is 0 Å². The Kier molecular flexibility index (Phi) is 2.79. The van der Waals surface area contributed by atoms with Gasteiger partial charge in [0.2, 0.25) is 0 Å². The summed E-state index contributed by atoms with van der Waals surface area (Å²) in [6.07, 6.45) is 0. The molecule has 0 fully saturated rings. The maximum atomic E-state index is 11.1. The van der Waals surface area contributed by atoms with Gasteiger partial charge in [-0.1, -0.05) is 18.2 Å². The average Bonchev–Trinajstić information content (AvgIpc) is 2.17. The maximum Gasteiger partial charge on any atom is 0.313 e. The van der Waals surface area contributed by atoms with Crippen LogP contribution in [-0.2, 0) is 10.2 Å². The van der Waals surface area contributed by atoms with Gasteiger partial charge >= 0.3 is 5.97 Å². The number of benzene rings is 1. The molecule has 0 aliphatic carbocycles. The van der Waals surface area contributed by atoms with Gasteiger partial charge in [-0.25, -0.2) is 0 Å². The van der Waals surface area contributed by atoms with Gasteiger partial charge in [0.25, 0.3) is 0 Å². The largest absolute Gasteiger partial charge is 0.481 e. The zero-order valence-electron chi connectivity index (χ0n) is 8.66. The minimum atomic E-state index is -0.862. The van der Waals surface area contributed by atoms with Crippen LogP contribution < -0.4 is 5.32 Å². The summed E-state index contributed by atoms with van der Waals surface area (Å²) in [7, 11) is 1.79. The van der Waals surface area contributed by atoms with Gasteiger partial charge < -0.3 is 10.4 Å². The van der Waals surface area contributed by atoms with E-state index in [1.165, 1.54) is 0 Å². The number of carboxylic acids is 1. The fraction of sp³-hybridized carbons (Fsp3) is 0.364. The summed E-state index contributed by atoms with van der Waals surface area (Å²) in [4.78, 5) is 11.1. The molecule has 0 unspecified atom stereocenters. The van der Waals surface area contributed by atoms with Crippen molar-refractivity contribution in [2.75, 3.05) is 12.4 Å². The SMILES string of the molecule is CNc1ccccc1C(C)(C)C(=O)O. The van der Waals surface area contributed by atoms with Crippen molar-refractivity contribution >= 4 is 11.7 Å². The Morgan fingerprint density at radius 1 is 1.36 bits per heavy atom. The molecule has 0 aliphatic rings. The lowest BCUT2D eigenvalue weighted by atomic mass is 9.83. The van der Waals surface area contributed by atoms with Crippen molar-refractivity contribution in [1.82, 2.24) is 0 Å². The summed E-state index contributed by atoms with van der Waals surface area (Å²) in [6.45, 7) is 3.40. The summed E-state index contributed by atoms with van der Waals surface area (Å²) in [5.41, 5.74) is 0.800. The van der Waals surface area contributed by atoms with Gasteiger partial charge in [0.15, 0.2) is 0 Å². The summed E-state index contributed by atoms with van der Waals surface area (Å²) in [5.74, 6) is -0.819. The highest BCUT2D eigenvalue weighted by Gasteiger charge is 2.31. The van der Waals surface area contributed by atoms with Crippen LogP contribution in [0.15, 0.2) is 24.3 Å². The second-order valence-electron chi connectivity index (χ2n) is 3.73. The van der Waals surface area contributed by atoms with Gasteiger partial charge in [-0.05, 0) is 25.5 Å². The van der Waals surface area contributed by atoms with Crippen LogP contribution >= 0.6 is 0 Å². The number of aliphatic carboxylic acids is 1. The van der Waals surface area contributed by atoms with E-state index in [0.29, 0.717) is 0 Å². The van der Waals surface area contributed by atoms with E-state index < -0.39 is 11.4 Å². The molecule has 14 heavy (non-hydrogen) atoms. The van der Waals surface area contributed by atoms with E-state index in [0.717, 1.165) is 11.3 Å². The summed E-state index contributed by atoms with van der Waals surface area (Å²) < 4.78 is 0. The van der Waals surface area contributed by atoms with Crippen molar-refractivity contribution in [2.45, 2.75) is 19.3 Å². The number of hydrogen-bond acceptors (Lipinski definition) is 2. The number of anilines is 1. The van der Waals surface area contributed by atoms with Crippen LogP contribution in [0.25, 0.3) is 0 Å². The molecule has 1 aromatic rings. The minimum Gasteiger partial charge on any atom is -0.481 e. The normalized spacial score (nSPS) is 11.1. The topological polar surface area (TPSA) is 49.3 Å². The molecule has 0 spiro atoms. The molecule has 0 amide bonds. The molecule has 0 bridgehead atoms. The predicted octanol–water partition coefficient (Wildman–Crippen LogP) is 2.09. The fourth-order valence-electron chi connectivity index (χ4n) is 1.36. The molecule has 2 N–H and O–H groups in total. The highest BCUT2D eigenvalue weighted by atomic mass is 16.4. The standard InChI is InChI=1S/C11H15NO2/c1-11(2,10(13)14)8-6-4-5-7-9(8)12-3/h4-7,12H,1-3H3,(H,13,14). The molecular weight excluding hydrogens is 178 g/mol. The second-order valence-corrected chi connectivity index (χ2v) is 3.73. The molecule has 0 aliphatic heterocycles. The third-order valence-corrected chi connectivity index (χ3v) is 2.40. The lowest BCUT2D eigenvalue weighted by molar-refractivity contribution is -0.142. The van der Waals surface area contributed by atoms with Crippen molar-refractivity contribution in [3.05, 3.63) is 29.8 Å². The van der Waals surface area contributed by atoms with E-state index in [9.17, 15) is 4.79 Å². The second kappa shape index (κ2) is 3.70. The smallest absolute Gasteiger partial charge is 0.313 e. The van der Waals surface area contributed by atoms with Crippen LogP contribution in [-0.4, -0.2) is 18.1 Å². The summed E-state index contributed by atoms with van der Waals surface area (Å²) in [6, 6.07) is 7.44. The van der Waals surface area contributed by atoms with Crippen molar-refractivity contribution in [1.29, 1.82) is 0 Å². The molecule has 0 aromatic heterocycles. The lowest BCUT2D eigenvalue weighted by Crippen LogP contribution is -2.29. The fourth-order valence-corrected chi connectivity index (χ4v) is 1.36. The number of carboxylic acid groups (broad SMARTS) is 1. The van der Waals surface area contributed by atoms with E-state index in [1.54, 1.807) is 20.9 Å². The summed E-state index contributed by atoms with van der Waals surface area (Å²) >= 11 is 0. The quantitative estimate of drug-likeness (QED) is 0.772. The number of rotatable bonds is 3. The van der Waals surface area contributed by atoms with E-state index in [-0.39, 0.29) is 0 Å². The highest BCUT2D eigenvalue weighted by Crippen LogP contribution is 2.29. The number of para-hydroxylation sites is 1. The predicted molar refractivity (Wildman–Crippen MR) is 56.7 cm³/mol. The molecule has 0 saturated carbocycles. The first-order valence-electron chi connectivity index (χ1n) is 4.51. The van der Waals surface area contributed by atoms with E-state index in [2.05, 4.69) is 5.32 Å². The third-order valence-electron chi connectivity index (χ3n) is 2.40. The van der Waals surface area contributed by atoms with Gasteiger partial charge in [0.1, 0.15) is 0 Å². The van der Waals surface area contributed by atoms with E-state index in [1.807, 2.05) is 24.3 Å². The minimum absolute atomic E-state index is 0.801. The monoisotopic (exact) mass is 193 g/mol. The number of hydrogen-bond donors (Lipinski definition) is 2. The first-order chi connectivity index (χ1) is 6.50. The zero-order chi connectivity index (χ0) is 10.8. The van der Waals surface area contributed by atoms with Gasteiger partial charge in [-0.2, -0.15) is 0 Å². The Morgan fingerprint density at radius 2 is 1.93 bits per heavy atom. The zero-order valence-corrected chi connectivity index (χ0v) is 8.66. The van der Waals surface area contributed by atoms with Crippen LogP contribution in [0.2, 0.25) is 0 Å². The van der Waals surface area contributed by atoms with E-state index in [4.69, 9.17) is 5.11 Å². The Labute approximate surface area is 83.8 Å². The first-order valence-corrected chi connectivity index (χ1v) is 4.51. The molecule has 1 aromatic carbocycles. The Hall–Kier alpha value is -1.51. The maximum absolute atomic E-state index is 11.1. The first kappa shape index (κ1) is 10.6. The average molecular weight is 193 g/mol. The van der Waals surface area contributed by atoms with Gasteiger partial charge in [0.05, 0.1) is 5.41 Å². The van der Waals surface area contributed by atoms with Crippen molar-refractivity contribution in [3.63, 3.8) is 0 Å². The molecule has 3 nitrogen and oxygen atoms in total. The van der Waals surface area contributed by atoms with Crippen LogP contribution in [0.3, 0.4) is 0 Å². The number of carbonyl (C=O) groups is 1. The Bertz CT molecular complexity index is 345. The van der Waals surface area contributed by atoms with Crippen molar-refractivity contribution < 1.29 is 9.90 Å². The highest BCUT2D eigenvalue weighted by molar-refractivity contribution is 5.82. The van der Waals surface area contributed by atoms with Gasteiger partial charge in [0, 0.05) is 12.7 Å². The molecule has 0 saturated heterocycles. The van der Waals surface area contributed by atoms with E-state index >= 15 is 0 Å². The summed E-state index contributed by atoms with van der Waals surface area (Å²) in [5, 5.41) is 12.1. The molecule has 3 heteroatoms. The molecule has 0 atom stereocenters. The van der Waals surface area contributed by atoms with Crippen LogP contribution in [0, 0.1) is 0 Å². The molecule has 0 radical (unpaired) electrons. The number of nitrogens with one attached hydrogen (secondary N) is 1. The molecule has 76 valence electrons. The Balaban J connectivity index is 3.24. The van der Waals surface area contributed by atoms with Crippen LogP contribution in [0.5, 0.6) is 0 Å². The molecular formula is C11H15NO2. The van der Waals surface area contributed by atoms with Crippen LogP contribution in [0.4, 0.5) is 5.69 Å². The molecule has 0 heterocycles. The van der Waals surface area contributed by atoms with Crippen molar-refractivity contribution in [3.8, 4) is 0 Å². The van der Waals surface area contributed by atoms with Crippen LogP contribution in [0.1, 0.15) is 19.4 Å². The third kappa shape index (κ3) is 1.71. The van der Waals surface area contributed by atoms with Gasteiger partial charge in [-0.3, -0.25) is 4.79 Å². The Morgan fingerprint density at radius 3 is 2.43 bits per heavy atom.